The first-order chi connectivity index (χ1) is 14.5. The minimum absolute atomic E-state index is 0.0355. The van der Waals surface area contributed by atoms with Gasteiger partial charge in [-0.3, -0.25) is 4.79 Å². The summed E-state index contributed by atoms with van der Waals surface area (Å²) in [7, 11) is 5.47. The van der Waals surface area contributed by atoms with Gasteiger partial charge in [0.25, 0.3) is 5.91 Å². The monoisotopic (exact) mass is 424 g/mol. The number of methoxy groups -OCH3 is 1. The summed E-state index contributed by atoms with van der Waals surface area (Å²) in [6.45, 7) is 2.50. The second kappa shape index (κ2) is 8.35. The summed E-state index contributed by atoms with van der Waals surface area (Å²) in [5, 5.41) is 4.00. The van der Waals surface area contributed by atoms with Crippen molar-refractivity contribution in [2.75, 3.05) is 32.6 Å². The Morgan fingerprint density at radius 3 is 2.87 bits per heavy atom. The molecule has 4 rings (SSSR count). The van der Waals surface area contributed by atoms with E-state index in [0.29, 0.717) is 23.1 Å². The zero-order valence-corrected chi connectivity index (χ0v) is 18.3. The number of aryl methyl sites for hydroxylation is 1. The van der Waals surface area contributed by atoms with E-state index in [9.17, 15) is 4.79 Å². The van der Waals surface area contributed by atoms with Crippen LogP contribution in [0.25, 0.3) is 11.1 Å². The van der Waals surface area contributed by atoms with E-state index >= 15 is 0 Å². The van der Waals surface area contributed by atoms with Gasteiger partial charge in [0.05, 0.1) is 24.5 Å². The SMILES string of the molecule is COc1cccc(-c2cnc(N(C)C)nc2C2CCCN2C(=O)c2snnc2C)c1. The largest absolute Gasteiger partial charge is 0.497 e. The predicted octanol–water partition coefficient (Wildman–Crippen LogP) is 3.36. The lowest BCUT2D eigenvalue weighted by Crippen LogP contribution is -2.31. The number of hydrogen-bond acceptors (Lipinski definition) is 8. The van der Waals surface area contributed by atoms with E-state index < -0.39 is 0 Å². The van der Waals surface area contributed by atoms with Crippen LogP contribution in [-0.2, 0) is 0 Å². The lowest BCUT2D eigenvalue weighted by Gasteiger charge is -2.26. The molecule has 0 aliphatic carbocycles. The molecule has 3 aromatic rings. The molecule has 156 valence electrons. The fourth-order valence-corrected chi connectivity index (χ4v) is 4.33. The van der Waals surface area contributed by atoms with Crippen LogP contribution in [0.15, 0.2) is 30.5 Å². The quantitative estimate of drug-likeness (QED) is 0.621. The Bertz CT molecular complexity index is 1070. The highest BCUT2D eigenvalue weighted by atomic mass is 32.1. The number of amides is 1. The Labute approximate surface area is 179 Å². The molecule has 0 N–H and O–H groups in total. The van der Waals surface area contributed by atoms with E-state index in [4.69, 9.17) is 9.72 Å². The summed E-state index contributed by atoms with van der Waals surface area (Å²) in [5.41, 5.74) is 3.39. The van der Waals surface area contributed by atoms with Crippen LogP contribution in [-0.4, -0.2) is 58.1 Å². The van der Waals surface area contributed by atoms with Gasteiger partial charge in [0.15, 0.2) is 0 Å². The summed E-state index contributed by atoms with van der Waals surface area (Å²) in [6, 6.07) is 7.70. The van der Waals surface area contributed by atoms with Gasteiger partial charge in [-0.15, -0.1) is 5.10 Å². The molecule has 1 aliphatic heterocycles. The second-order valence-electron chi connectivity index (χ2n) is 7.44. The predicted molar refractivity (Wildman–Crippen MR) is 116 cm³/mol. The van der Waals surface area contributed by atoms with Crippen LogP contribution in [0.3, 0.4) is 0 Å². The summed E-state index contributed by atoms with van der Waals surface area (Å²) in [5.74, 6) is 1.35. The molecule has 1 atom stereocenters. The Morgan fingerprint density at radius 2 is 2.17 bits per heavy atom. The zero-order valence-electron chi connectivity index (χ0n) is 17.5. The van der Waals surface area contributed by atoms with Gasteiger partial charge in [-0.2, -0.15) is 0 Å². The van der Waals surface area contributed by atoms with E-state index in [-0.39, 0.29) is 11.9 Å². The van der Waals surface area contributed by atoms with Crippen molar-refractivity contribution >= 4 is 23.4 Å². The number of likely N-dealkylation sites (tertiary alicyclic amines) is 1. The van der Waals surface area contributed by atoms with E-state index in [1.807, 2.05) is 61.3 Å². The summed E-state index contributed by atoms with van der Waals surface area (Å²) in [6.07, 6.45) is 3.60. The number of ether oxygens (including phenoxy) is 1. The number of hydrogen-bond donors (Lipinski definition) is 0. The van der Waals surface area contributed by atoms with Crippen LogP contribution >= 0.6 is 11.5 Å². The summed E-state index contributed by atoms with van der Waals surface area (Å²) < 4.78 is 9.33. The van der Waals surface area contributed by atoms with Gasteiger partial charge in [0, 0.05) is 32.4 Å². The number of carbonyl (C=O) groups is 1. The Morgan fingerprint density at radius 1 is 1.33 bits per heavy atom. The highest BCUT2D eigenvalue weighted by Crippen LogP contribution is 2.38. The minimum Gasteiger partial charge on any atom is -0.497 e. The Kier molecular flexibility index (Phi) is 5.63. The van der Waals surface area contributed by atoms with Crippen molar-refractivity contribution < 1.29 is 9.53 Å². The number of aromatic nitrogens is 4. The molecule has 30 heavy (non-hydrogen) atoms. The lowest BCUT2D eigenvalue weighted by molar-refractivity contribution is 0.0737. The first-order valence-electron chi connectivity index (χ1n) is 9.78. The highest BCUT2D eigenvalue weighted by Gasteiger charge is 2.35. The van der Waals surface area contributed by atoms with Crippen molar-refractivity contribution in [3.8, 4) is 16.9 Å². The second-order valence-corrected chi connectivity index (χ2v) is 8.19. The van der Waals surface area contributed by atoms with Gasteiger partial charge in [0.2, 0.25) is 5.95 Å². The average Bonchev–Trinajstić information content (AvgIpc) is 3.42. The lowest BCUT2D eigenvalue weighted by atomic mass is 9.99. The molecule has 3 heterocycles. The molecule has 2 aromatic heterocycles. The maximum Gasteiger partial charge on any atom is 0.268 e. The molecule has 1 fully saturated rings. The van der Waals surface area contributed by atoms with Crippen LogP contribution in [0.4, 0.5) is 5.95 Å². The van der Waals surface area contributed by atoms with Crippen LogP contribution in [0.1, 0.15) is 39.9 Å². The molecule has 0 bridgehead atoms. The molecule has 1 aromatic carbocycles. The third-order valence-corrected chi connectivity index (χ3v) is 6.08. The number of carbonyl (C=O) groups excluding carboxylic acids is 1. The van der Waals surface area contributed by atoms with Crippen molar-refractivity contribution in [3.63, 3.8) is 0 Å². The van der Waals surface area contributed by atoms with Gasteiger partial charge >= 0.3 is 0 Å². The molecule has 8 nitrogen and oxygen atoms in total. The van der Waals surface area contributed by atoms with Crippen LogP contribution in [0.2, 0.25) is 0 Å². The Hall–Kier alpha value is -3.07. The normalized spacial score (nSPS) is 16.0. The highest BCUT2D eigenvalue weighted by molar-refractivity contribution is 7.07. The van der Waals surface area contributed by atoms with E-state index in [2.05, 4.69) is 14.6 Å². The fourth-order valence-electron chi connectivity index (χ4n) is 3.72. The minimum atomic E-state index is -0.137. The Balaban J connectivity index is 1.80. The number of nitrogens with zero attached hydrogens (tertiary/aromatic N) is 6. The molecule has 0 radical (unpaired) electrons. The van der Waals surface area contributed by atoms with E-state index in [0.717, 1.165) is 46.9 Å². The van der Waals surface area contributed by atoms with Crippen molar-refractivity contribution in [1.29, 1.82) is 0 Å². The molecule has 0 saturated carbocycles. The number of anilines is 1. The van der Waals surface area contributed by atoms with Crippen molar-refractivity contribution in [3.05, 3.63) is 46.7 Å². The summed E-state index contributed by atoms with van der Waals surface area (Å²) >= 11 is 1.15. The number of rotatable bonds is 5. The molecule has 0 spiro atoms. The van der Waals surface area contributed by atoms with Gasteiger partial charge in [-0.05, 0) is 49.0 Å². The van der Waals surface area contributed by atoms with Crippen molar-refractivity contribution in [1.82, 2.24) is 24.5 Å². The molecule has 1 amide bonds. The first-order valence-corrected chi connectivity index (χ1v) is 10.6. The maximum atomic E-state index is 13.3. The molecule has 1 aliphatic rings. The molecular weight excluding hydrogens is 400 g/mol. The third kappa shape index (κ3) is 3.72. The van der Waals surface area contributed by atoms with Gasteiger partial charge < -0.3 is 14.5 Å². The zero-order chi connectivity index (χ0) is 21.3. The fraction of sp³-hybridized carbons (Fsp3) is 0.381. The average molecular weight is 425 g/mol. The van der Waals surface area contributed by atoms with Gasteiger partial charge in [-0.1, -0.05) is 16.6 Å². The van der Waals surface area contributed by atoms with Crippen LogP contribution < -0.4 is 9.64 Å². The van der Waals surface area contributed by atoms with Crippen molar-refractivity contribution in [2.24, 2.45) is 0 Å². The molecular formula is C21H24N6O2S. The molecule has 9 heteroatoms. The van der Waals surface area contributed by atoms with Crippen LogP contribution in [0.5, 0.6) is 5.75 Å². The van der Waals surface area contributed by atoms with Gasteiger partial charge in [0.1, 0.15) is 10.6 Å². The maximum absolute atomic E-state index is 13.3. The van der Waals surface area contributed by atoms with E-state index in [1.165, 1.54) is 0 Å². The molecule has 1 unspecified atom stereocenters. The number of benzene rings is 1. The van der Waals surface area contributed by atoms with Crippen molar-refractivity contribution in [2.45, 2.75) is 25.8 Å². The summed E-state index contributed by atoms with van der Waals surface area (Å²) in [4.78, 5) is 27.0. The third-order valence-electron chi connectivity index (χ3n) is 5.26. The molecule has 1 saturated heterocycles. The van der Waals surface area contributed by atoms with Gasteiger partial charge in [-0.25, -0.2) is 9.97 Å². The standard InChI is InChI=1S/C21H24N6O2S/c1-13-19(30-25-24-13)20(28)27-10-6-9-17(27)18-16(12-22-21(23-18)26(2)3)14-7-5-8-15(11-14)29-4/h5,7-8,11-12,17H,6,9-10H2,1-4H3. The topological polar surface area (TPSA) is 84.3 Å². The van der Waals surface area contributed by atoms with E-state index in [1.54, 1.807) is 7.11 Å². The van der Waals surface area contributed by atoms with Crippen LogP contribution in [0, 0.1) is 6.92 Å². The first kappa shape index (κ1) is 20.2. The smallest absolute Gasteiger partial charge is 0.268 e.